The molecule has 0 unspecified atom stereocenters. The van der Waals surface area contributed by atoms with Crippen molar-refractivity contribution in [3.8, 4) is 34.3 Å². The Kier molecular flexibility index (Phi) is 5.75. The molecule has 2 N–H and O–H groups in total. The summed E-state index contributed by atoms with van der Waals surface area (Å²) in [6.07, 6.45) is 2.46. The Balaban J connectivity index is 1.66. The first-order valence-corrected chi connectivity index (χ1v) is 11.7. The van der Waals surface area contributed by atoms with E-state index in [9.17, 15) is 8.42 Å². The zero-order chi connectivity index (χ0) is 22.9. The van der Waals surface area contributed by atoms with E-state index in [1.807, 2.05) is 24.3 Å². The van der Waals surface area contributed by atoms with Crippen molar-refractivity contribution in [1.29, 1.82) is 0 Å². The molecule has 0 saturated carbocycles. The van der Waals surface area contributed by atoms with Gasteiger partial charge in [0.25, 0.3) is 5.89 Å². The lowest BCUT2D eigenvalue weighted by molar-refractivity contribution is 0.582. The number of hydrogen-bond acceptors (Lipinski definition) is 8. The number of nitrogens with two attached hydrogens (primary N) is 1. The first kappa shape index (κ1) is 21.6. The van der Waals surface area contributed by atoms with E-state index in [4.69, 9.17) is 10.2 Å². The quantitative estimate of drug-likeness (QED) is 0.464. The van der Waals surface area contributed by atoms with Crippen molar-refractivity contribution in [2.45, 2.75) is 37.3 Å². The molecule has 0 amide bonds. The molecule has 9 heteroatoms. The van der Waals surface area contributed by atoms with Crippen molar-refractivity contribution in [3.63, 3.8) is 0 Å². The molecule has 0 radical (unpaired) electrons. The highest BCUT2D eigenvalue weighted by molar-refractivity contribution is 7.92. The summed E-state index contributed by atoms with van der Waals surface area (Å²) in [7, 11) is -3.35. The molecule has 0 aliphatic rings. The lowest BCUT2D eigenvalue weighted by atomic mass is 10.1. The van der Waals surface area contributed by atoms with Crippen LogP contribution in [0.2, 0.25) is 0 Å². The van der Waals surface area contributed by atoms with E-state index in [1.54, 1.807) is 38.1 Å². The summed E-state index contributed by atoms with van der Waals surface area (Å²) >= 11 is 0. The van der Waals surface area contributed by atoms with Crippen molar-refractivity contribution < 1.29 is 12.8 Å². The predicted molar refractivity (Wildman–Crippen MR) is 122 cm³/mol. The van der Waals surface area contributed by atoms with Gasteiger partial charge in [-0.25, -0.2) is 18.4 Å². The molecule has 0 aliphatic heterocycles. The van der Waals surface area contributed by atoms with Crippen molar-refractivity contribution in [2.24, 2.45) is 0 Å². The third kappa shape index (κ3) is 4.11. The normalized spacial score (nSPS) is 11.8. The van der Waals surface area contributed by atoms with Gasteiger partial charge in [-0.15, -0.1) is 10.2 Å². The summed E-state index contributed by atoms with van der Waals surface area (Å²) in [6, 6.07) is 14.4. The van der Waals surface area contributed by atoms with Crippen LogP contribution in [0.4, 0.5) is 5.82 Å². The smallest absolute Gasteiger partial charge is 0.270 e. The molecule has 164 valence electrons. The van der Waals surface area contributed by atoms with Gasteiger partial charge in [0.05, 0.1) is 22.0 Å². The molecule has 0 aliphatic carbocycles. The largest absolute Gasteiger partial charge is 0.414 e. The van der Waals surface area contributed by atoms with Crippen LogP contribution in [0.1, 0.15) is 26.3 Å². The van der Waals surface area contributed by atoms with E-state index in [0.29, 0.717) is 17.1 Å². The molecule has 4 rings (SSSR count). The summed E-state index contributed by atoms with van der Waals surface area (Å²) in [4.78, 5) is 9.01. The minimum atomic E-state index is -3.35. The number of hydrogen-bond donors (Lipinski definition) is 1. The summed E-state index contributed by atoms with van der Waals surface area (Å²) in [5.41, 5.74) is 9.50. The number of rotatable bonds is 6. The van der Waals surface area contributed by atoms with Crippen LogP contribution in [-0.2, 0) is 16.3 Å². The summed E-state index contributed by atoms with van der Waals surface area (Å²) in [5.74, 6) is 0.673. The van der Waals surface area contributed by atoms with Crippen LogP contribution in [0.25, 0.3) is 34.3 Å². The molecule has 0 bridgehead atoms. The number of benzene rings is 2. The van der Waals surface area contributed by atoms with Gasteiger partial charge in [0.1, 0.15) is 0 Å². The van der Waals surface area contributed by atoms with E-state index in [-0.39, 0.29) is 22.3 Å². The van der Waals surface area contributed by atoms with Crippen LogP contribution >= 0.6 is 0 Å². The van der Waals surface area contributed by atoms with E-state index in [2.05, 4.69) is 27.1 Å². The lowest BCUT2D eigenvalue weighted by Gasteiger charge is -2.09. The van der Waals surface area contributed by atoms with Crippen molar-refractivity contribution >= 4 is 15.7 Å². The molecule has 0 fully saturated rings. The SMILES string of the molecule is CCc1ccc(-c2nnc(-c3nc(-c4ccc(S(=O)(=O)C(C)C)cc4)cnc3N)o2)cc1. The fourth-order valence-electron chi connectivity index (χ4n) is 3.10. The van der Waals surface area contributed by atoms with E-state index in [1.165, 1.54) is 11.8 Å². The Bertz CT molecular complexity index is 1350. The van der Waals surface area contributed by atoms with E-state index < -0.39 is 15.1 Å². The number of aromatic nitrogens is 4. The molecule has 0 spiro atoms. The second-order valence-corrected chi connectivity index (χ2v) is 10.1. The van der Waals surface area contributed by atoms with Crippen LogP contribution in [0.5, 0.6) is 0 Å². The zero-order valence-electron chi connectivity index (χ0n) is 18.0. The molecular weight excluding hydrogens is 426 g/mol. The molecule has 32 heavy (non-hydrogen) atoms. The van der Waals surface area contributed by atoms with Gasteiger partial charge in [-0.1, -0.05) is 31.2 Å². The van der Waals surface area contributed by atoms with Crippen molar-refractivity contribution in [2.75, 3.05) is 5.73 Å². The van der Waals surface area contributed by atoms with Gasteiger partial charge in [0.2, 0.25) is 5.89 Å². The van der Waals surface area contributed by atoms with Gasteiger partial charge < -0.3 is 10.2 Å². The van der Waals surface area contributed by atoms with Crippen molar-refractivity contribution in [3.05, 3.63) is 60.3 Å². The number of aryl methyl sites for hydroxylation is 1. The molecule has 2 aromatic heterocycles. The second-order valence-electron chi connectivity index (χ2n) is 7.57. The maximum absolute atomic E-state index is 12.3. The van der Waals surface area contributed by atoms with Gasteiger partial charge >= 0.3 is 0 Å². The molecule has 8 nitrogen and oxygen atoms in total. The maximum atomic E-state index is 12.3. The minimum absolute atomic E-state index is 0.157. The topological polar surface area (TPSA) is 125 Å². The maximum Gasteiger partial charge on any atom is 0.270 e. The Labute approximate surface area is 186 Å². The van der Waals surface area contributed by atoms with E-state index >= 15 is 0 Å². The zero-order valence-corrected chi connectivity index (χ0v) is 18.8. The van der Waals surface area contributed by atoms with Gasteiger partial charge in [-0.2, -0.15) is 0 Å². The average molecular weight is 450 g/mol. The Morgan fingerprint density at radius 3 is 2.19 bits per heavy atom. The van der Waals surface area contributed by atoms with Crippen LogP contribution in [0.15, 0.2) is 64.0 Å². The highest BCUT2D eigenvalue weighted by Crippen LogP contribution is 2.28. The fourth-order valence-corrected chi connectivity index (χ4v) is 4.16. The Morgan fingerprint density at radius 1 is 0.938 bits per heavy atom. The minimum Gasteiger partial charge on any atom is -0.414 e. The van der Waals surface area contributed by atoms with Gasteiger partial charge in [-0.05, 0) is 50.1 Å². The first-order chi connectivity index (χ1) is 15.3. The third-order valence-electron chi connectivity index (χ3n) is 5.14. The van der Waals surface area contributed by atoms with Gasteiger partial charge in [0, 0.05) is 11.1 Å². The monoisotopic (exact) mass is 449 g/mol. The standard InChI is InChI=1S/C23H23N5O3S/c1-4-15-5-7-17(8-6-15)22-27-28-23(31-22)20-21(24)25-13-19(26-20)16-9-11-18(12-10-16)32(29,30)14(2)3/h5-14H,4H2,1-3H3,(H2,24,25). The fraction of sp³-hybridized carbons (Fsp3) is 0.217. The van der Waals surface area contributed by atoms with Crippen LogP contribution in [0, 0.1) is 0 Å². The predicted octanol–water partition coefficient (Wildman–Crippen LogP) is 4.19. The van der Waals surface area contributed by atoms with Crippen LogP contribution in [0.3, 0.4) is 0 Å². The third-order valence-corrected chi connectivity index (χ3v) is 7.31. The highest BCUT2D eigenvalue weighted by atomic mass is 32.2. The van der Waals surface area contributed by atoms with E-state index in [0.717, 1.165) is 12.0 Å². The Hall–Kier alpha value is -3.59. The molecule has 2 aromatic carbocycles. The number of nitrogens with zero attached hydrogens (tertiary/aromatic N) is 4. The molecule has 2 heterocycles. The number of anilines is 1. The molecular formula is C23H23N5O3S. The van der Waals surface area contributed by atoms with Gasteiger partial charge in [-0.3, -0.25) is 0 Å². The Morgan fingerprint density at radius 2 is 1.56 bits per heavy atom. The number of nitrogen functional groups attached to an aromatic ring is 1. The average Bonchev–Trinajstić information content (AvgIpc) is 3.29. The highest BCUT2D eigenvalue weighted by Gasteiger charge is 2.20. The molecule has 0 atom stereocenters. The number of sulfone groups is 1. The van der Waals surface area contributed by atoms with Crippen LogP contribution < -0.4 is 5.73 Å². The van der Waals surface area contributed by atoms with Crippen LogP contribution in [-0.4, -0.2) is 33.8 Å². The molecule has 4 aromatic rings. The lowest BCUT2D eigenvalue weighted by Crippen LogP contribution is -2.13. The summed E-state index contributed by atoms with van der Waals surface area (Å²) < 4.78 is 30.5. The first-order valence-electron chi connectivity index (χ1n) is 10.2. The summed E-state index contributed by atoms with van der Waals surface area (Å²) in [5, 5.41) is 7.70. The molecule has 0 saturated heterocycles. The van der Waals surface area contributed by atoms with Crippen molar-refractivity contribution in [1.82, 2.24) is 20.2 Å². The van der Waals surface area contributed by atoms with Gasteiger partial charge in [0.15, 0.2) is 21.3 Å². The second kappa shape index (κ2) is 8.51. The summed E-state index contributed by atoms with van der Waals surface area (Å²) in [6.45, 7) is 5.39.